The van der Waals surface area contributed by atoms with Gasteiger partial charge in [-0.15, -0.1) is 5.10 Å². The van der Waals surface area contributed by atoms with Crippen LogP contribution in [0.25, 0.3) is 10.8 Å². The molecule has 1 aliphatic heterocycles. The van der Waals surface area contributed by atoms with Gasteiger partial charge in [-0.05, 0) is 30.5 Å². The minimum absolute atomic E-state index is 0.0377. The van der Waals surface area contributed by atoms with Crippen molar-refractivity contribution in [2.75, 3.05) is 26.2 Å². The lowest BCUT2D eigenvalue weighted by molar-refractivity contribution is -0.134. The number of aromatic nitrogens is 2. The van der Waals surface area contributed by atoms with Gasteiger partial charge in [0.1, 0.15) is 5.82 Å². The number of carbonyl (C=O) groups is 2. The van der Waals surface area contributed by atoms with Crippen LogP contribution in [-0.2, 0) is 11.2 Å². The van der Waals surface area contributed by atoms with Crippen LogP contribution in [0.1, 0.15) is 34.5 Å². The van der Waals surface area contributed by atoms with E-state index < -0.39 is 5.82 Å². The van der Waals surface area contributed by atoms with Crippen molar-refractivity contribution in [1.82, 2.24) is 20.0 Å². The third-order valence-electron chi connectivity index (χ3n) is 6.16. The number of amides is 2. The van der Waals surface area contributed by atoms with Crippen LogP contribution in [0.5, 0.6) is 0 Å². The Morgan fingerprint density at radius 1 is 0.969 bits per heavy atom. The van der Waals surface area contributed by atoms with Gasteiger partial charge in [-0.1, -0.05) is 41.9 Å². The molecule has 1 aliphatic carbocycles. The third kappa shape index (κ3) is 4.05. The summed E-state index contributed by atoms with van der Waals surface area (Å²) in [6.07, 6.45) is 2.32. The first-order valence-corrected chi connectivity index (χ1v) is 11.2. The lowest BCUT2D eigenvalue weighted by Crippen LogP contribution is -2.51. The first-order chi connectivity index (χ1) is 15.5. The average molecular weight is 453 g/mol. The fourth-order valence-corrected chi connectivity index (χ4v) is 4.39. The first kappa shape index (κ1) is 20.8. The average Bonchev–Trinajstić information content (AvgIpc) is 3.67. The van der Waals surface area contributed by atoms with Gasteiger partial charge in [0.2, 0.25) is 5.91 Å². The Kier molecular flexibility index (Phi) is 5.51. The number of carbonyl (C=O) groups excluding carboxylic acids is 2. The number of hydrogen-bond donors (Lipinski definition) is 0. The summed E-state index contributed by atoms with van der Waals surface area (Å²) in [5, 5.41) is 10.3. The Balaban J connectivity index is 1.34. The van der Waals surface area contributed by atoms with Crippen molar-refractivity contribution < 1.29 is 14.0 Å². The predicted molar refractivity (Wildman–Crippen MR) is 119 cm³/mol. The number of nitrogens with zero attached hydrogens (tertiary/aromatic N) is 4. The number of halogens is 2. The highest BCUT2D eigenvalue weighted by Gasteiger charge is 2.35. The number of fused-ring (bicyclic) bond motifs is 1. The molecule has 2 aromatic carbocycles. The molecule has 0 N–H and O–H groups in total. The topological polar surface area (TPSA) is 66.4 Å². The number of benzene rings is 2. The Labute approximate surface area is 190 Å². The van der Waals surface area contributed by atoms with E-state index in [9.17, 15) is 14.0 Å². The molecule has 2 aliphatic rings. The largest absolute Gasteiger partial charge is 0.339 e. The fraction of sp³-hybridized carbons (Fsp3) is 0.333. The SMILES string of the molecule is O=C(c1cc(Cc2nnc(Cl)c3ccccc23)ccc1F)N1CCN(C(=O)C2CC2)CC1. The molecule has 164 valence electrons. The van der Waals surface area contributed by atoms with Gasteiger partial charge >= 0.3 is 0 Å². The Morgan fingerprint density at radius 2 is 1.66 bits per heavy atom. The molecule has 0 spiro atoms. The van der Waals surface area contributed by atoms with Gasteiger partial charge in [-0.25, -0.2) is 4.39 Å². The van der Waals surface area contributed by atoms with Crippen LogP contribution in [0.3, 0.4) is 0 Å². The van der Waals surface area contributed by atoms with Crippen LogP contribution in [-0.4, -0.2) is 58.0 Å². The maximum atomic E-state index is 14.6. The summed E-state index contributed by atoms with van der Waals surface area (Å²) < 4.78 is 14.6. The molecule has 0 radical (unpaired) electrons. The molecular formula is C24H22ClFN4O2. The highest BCUT2D eigenvalue weighted by Crippen LogP contribution is 2.31. The molecule has 0 bridgehead atoms. The quantitative estimate of drug-likeness (QED) is 0.605. The van der Waals surface area contributed by atoms with E-state index in [1.165, 1.54) is 6.07 Å². The summed E-state index contributed by atoms with van der Waals surface area (Å²) in [5.41, 5.74) is 1.51. The number of rotatable bonds is 4. The third-order valence-corrected chi connectivity index (χ3v) is 6.44. The van der Waals surface area contributed by atoms with Crippen molar-refractivity contribution in [3.8, 4) is 0 Å². The molecule has 2 amide bonds. The van der Waals surface area contributed by atoms with Gasteiger partial charge in [0.25, 0.3) is 5.91 Å². The molecule has 2 fully saturated rings. The second kappa shape index (κ2) is 8.47. The van der Waals surface area contributed by atoms with E-state index in [0.29, 0.717) is 43.4 Å². The van der Waals surface area contributed by atoms with Crippen LogP contribution < -0.4 is 0 Å². The highest BCUT2D eigenvalue weighted by molar-refractivity contribution is 6.34. The van der Waals surface area contributed by atoms with E-state index in [0.717, 1.165) is 29.2 Å². The summed E-state index contributed by atoms with van der Waals surface area (Å²) in [6.45, 7) is 1.81. The highest BCUT2D eigenvalue weighted by atomic mass is 35.5. The van der Waals surface area contributed by atoms with Crippen molar-refractivity contribution in [3.63, 3.8) is 0 Å². The Morgan fingerprint density at radius 3 is 2.38 bits per heavy atom. The summed E-state index contributed by atoms with van der Waals surface area (Å²) in [5.74, 6) is -0.558. The van der Waals surface area contributed by atoms with Crippen molar-refractivity contribution in [1.29, 1.82) is 0 Å². The molecule has 0 unspecified atom stereocenters. The van der Waals surface area contributed by atoms with Crippen LogP contribution in [0.15, 0.2) is 42.5 Å². The van der Waals surface area contributed by atoms with E-state index in [1.54, 1.807) is 17.0 Å². The van der Waals surface area contributed by atoms with Crippen molar-refractivity contribution in [2.45, 2.75) is 19.3 Å². The molecule has 32 heavy (non-hydrogen) atoms. The zero-order valence-electron chi connectivity index (χ0n) is 17.4. The van der Waals surface area contributed by atoms with Crippen molar-refractivity contribution in [3.05, 3.63) is 70.3 Å². The minimum Gasteiger partial charge on any atom is -0.339 e. The van der Waals surface area contributed by atoms with Crippen molar-refractivity contribution in [2.24, 2.45) is 5.92 Å². The summed E-state index contributed by atoms with van der Waals surface area (Å²) in [7, 11) is 0. The number of piperazine rings is 1. The second-order valence-electron chi connectivity index (χ2n) is 8.37. The maximum Gasteiger partial charge on any atom is 0.256 e. The number of hydrogen-bond acceptors (Lipinski definition) is 4. The smallest absolute Gasteiger partial charge is 0.256 e. The molecule has 3 aromatic rings. The van der Waals surface area contributed by atoms with Crippen LogP contribution in [0.2, 0.25) is 5.15 Å². The monoisotopic (exact) mass is 452 g/mol. The molecule has 1 saturated carbocycles. The minimum atomic E-state index is -0.553. The molecule has 5 rings (SSSR count). The molecule has 1 aromatic heterocycles. The summed E-state index contributed by atoms with van der Waals surface area (Å²) in [4.78, 5) is 28.7. The molecule has 2 heterocycles. The molecule has 8 heteroatoms. The van der Waals surface area contributed by atoms with Crippen LogP contribution in [0.4, 0.5) is 4.39 Å². The van der Waals surface area contributed by atoms with Crippen LogP contribution >= 0.6 is 11.6 Å². The van der Waals surface area contributed by atoms with Crippen LogP contribution in [0, 0.1) is 11.7 Å². The molecule has 6 nitrogen and oxygen atoms in total. The Hall–Kier alpha value is -3.06. The Bertz CT molecular complexity index is 1210. The lowest BCUT2D eigenvalue weighted by Gasteiger charge is -2.35. The first-order valence-electron chi connectivity index (χ1n) is 10.8. The van der Waals surface area contributed by atoms with E-state index in [-0.39, 0.29) is 23.3 Å². The summed E-state index contributed by atoms with van der Waals surface area (Å²) >= 11 is 6.16. The van der Waals surface area contributed by atoms with E-state index in [2.05, 4.69) is 10.2 Å². The fourth-order valence-electron chi connectivity index (χ4n) is 4.19. The van der Waals surface area contributed by atoms with E-state index in [1.807, 2.05) is 29.2 Å². The summed E-state index contributed by atoms with van der Waals surface area (Å²) in [6, 6.07) is 12.1. The van der Waals surface area contributed by atoms with Gasteiger partial charge < -0.3 is 9.80 Å². The zero-order chi connectivity index (χ0) is 22.2. The van der Waals surface area contributed by atoms with E-state index in [4.69, 9.17) is 11.6 Å². The van der Waals surface area contributed by atoms with Gasteiger partial charge in [0.15, 0.2) is 5.15 Å². The zero-order valence-corrected chi connectivity index (χ0v) is 18.2. The predicted octanol–water partition coefficient (Wildman–Crippen LogP) is 3.71. The van der Waals surface area contributed by atoms with Gasteiger partial charge in [0.05, 0.1) is 11.3 Å². The molecule has 1 saturated heterocycles. The van der Waals surface area contributed by atoms with Crippen molar-refractivity contribution >= 4 is 34.2 Å². The molecular weight excluding hydrogens is 431 g/mol. The maximum absolute atomic E-state index is 14.6. The molecule has 0 atom stereocenters. The van der Waals surface area contributed by atoms with Gasteiger partial charge in [-0.2, -0.15) is 5.10 Å². The normalized spacial score (nSPS) is 16.4. The second-order valence-corrected chi connectivity index (χ2v) is 8.72. The van der Waals surface area contributed by atoms with Gasteiger partial charge in [-0.3, -0.25) is 9.59 Å². The van der Waals surface area contributed by atoms with E-state index >= 15 is 0 Å². The van der Waals surface area contributed by atoms with Gasteiger partial charge in [0, 0.05) is 49.3 Å². The lowest BCUT2D eigenvalue weighted by atomic mass is 10.0. The standard InChI is InChI=1S/C24H22ClFN4O2/c25-22-18-4-2-1-3-17(18)21(27-28-22)14-15-5-8-20(26)19(13-15)24(32)30-11-9-29(10-12-30)23(31)16-6-7-16/h1-5,8,13,16H,6-7,9-12,14H2.